The molecule has 1 amide bonds. The number of nitrogens with one attached hydrogen (secondary N) is 2. The fraction of sp³-hybridized carbons (Fsp3) is 0.182. The van der Waals surface area contributed by atoms with E-state index in [-0.39, 0.29) is 41.4 Å². The highest BCUT2D eigenvalue weighted by molar-refractivity contribution is 6.00. The van der Waals surface area contributed by atoms with Crippen LogP contribution in [0.5, 0.6) is 0 Å². The second-order valence-corrected chi connectivity index (χ2v) is 7.11. The van der Waals surface area contributed by atoms with E-state index in [0.29, 0.717) is 23.4 Å². The predicted octanol–water partition coefficient (Wildman–Crippen LogP) is 2.64. The van der Waals surface area contributed by atoms with Crippen molar-refractivity contribution in [1.82, 2.24) is 9.97 Å². The van der Waals surface area contributed by atoms with Crippen molar-refractivity contribution < 1.29 is 14.0 Å². The molecule has 9 heteroatoms. The standard InChI is InChI=1S/C22H23FN6O2/c1-13(24)11-26-22-27-12-18(20(25)31)21(29-22)28-17-4-2-3-15(10-17)19(30)9-14-5-7-16(23)8-6-14/h2-8,10,12-13H,9,11,24H2,1H3,(H2,25,31)(H2,26,27,28,29)/t13-/m0/s1. The van der Waals surface area contributed by atoms with Crippen LogP contribution >= 0.6 is 0 Å². The summed E-state index contributed by atoms with van der Waals surface area (Å²) in [5.74, 6) is -0.685. The SMILES string of the molecule is C[C@H](N)CNc1ncc(C(N)=O)c(Nc2cccc(C(=O)Cc3ccc(F)cc3)c2)n1. The van der Waals surface area contributed by atoms with Crippen LogP contribution < -0.4 is 22.1 Å². The number of ketones is 1. The average molecular weight is 422 g/mol. The minimum absolute atomic E-state index is 0.106. The van der Waals surface area contributed by atoms with Gasteiger partial charge in [-0.3, -0.25) is 9.59 Å². The van der Waals surface area contributed by atoms with Gasteiger partial charge in [0.25, 0.3) is 5.91 Å². The van der Waals surface area contributed by atoms with Gasteiger partial charge in [0.2, 0.25) is 5.95 Å². The number of primary amides is 1. The number of nitrogens with two attached hydrogens (primary N) is 2. The van der Waals surface area contributed by atoms with E-state index >= 15 is 0 Å². The molecule has 0 aliphatic carbocycles. The molecule has 0 radical (unpaired) electrons. The number of anilines is 3. The van der Waals surface area contributed by atoms with Crippen molar-refractivity contribution >= 4 is 29.1 Å². The first-order valence-corrected chi connectivity index (χ1v) is 9.63. The second kappa shape index (κ2) is 9.77. The quantitative estimate of drug-likeness (QED) is 0.389. The van der Waals surface area contributed by atoms with E-state index in [1.165, 1.54) is 18.3 Å². The van der Waals surface area contributed by atoms with Crippen LogP contribution in [0.15, 0.2) is 54.7 Å². The van der Waals surface area contributed by atoms with Gasteiger partial charge in [-0.2, -0.15) is 4.98 Å². The Morgan fingerprint density at radius 2 is 1.90 bits per heavy atom. The molecule has 2 aromatic carbocycles. The number of benzene rings is 2. The highest BCUT2D eigenvalue weighted by Crippen LogP contribution is 2.21. The molecule has 8 nitrogen and oxygen atoms in total. The summed E-state index contributed by atoms with van der Waals surface area (Å²) >= 11 is 0. The normalized spacial score (nSPS) is 11.6. The maximum atomic E-state index is 13.1. The van der Waals surface area contributed by atoms with E-state index in [1.807, 2.05) is 6.92 Å². The summed E-state index contributed by atoms with van der Waals surface area (Å²) < 4.78 is 13.1. The number of amides is 1. The number of hydrogen-bond acceptors (Lipinski definition) is 7. The van der Waals surface area contributed by atoms with E-state index in [2.05, 4.69) is 20.6 Å². The predicted molar refractivity (Wildman–Crippen MR) is 117 cm³/mol. The summed E-state index contributed by atoms with van der Waals surface area (Å²) in [5, 5.41) is 6.00. The molecule has 0 saturated carbocycles. The first kappa shape index (κ1) is 21.8. The topological polar surface area (TPSA) is 136 Å². The lowest BCUT2D eigenvalue weighted by molar-refractivity contribution is 0.0987. The summed E-state index contributed by atoms with van der Waals surface area (Å²) in [5.41, 5.74) is 13.0. The number of rotatable bonds is 9. The summed E-state index contributed by atoms with van der Waals surface area (Å²) in [6.45, 7) is 2.28. The lowest BCUT2D eigenvalue weighted by Crippen LogP contribution is -2.26. The van der Waals surface area contributed by atoms with E-state index in [9.17, 15) is 14.0 Å². The first-order valence-electron chi connectivity index (χ1n) is 9.63. The molecule has 0 bridgehead atoms. The Labute approximate surface area is 178 Å². The zero-order valence-corrected chi connectivity index (χ0v) is 16.9. The average Bonchev–Trinajstić information content (AvgIpc) is 2.74. The molecule has 0 saturated heterocycles. The maximum absolute atomic E-state index is 13.1. The number of Topliss-reactive ketones (excluding diaryl/α,β-unsaturated/α-hetero) is 1. The minimum atomic E-state index is -0.690. The summed E-state index contributed by atoms with van der Waals surface area (Å²) in [7, 11) is 0. The molecule has 31 heavy (non-hydrogen) atoms. The van der Waals surface area contributed by atoms with Gasteiger partial charge in [-0.25, -0.2) is 9.37 Å². The van der Waals surface area contributed by atoms with E-state index in [1.54, 1.807) is 36.4 Å². The third-order valence-electron chi connectivity index (χ3n) is 4.36. The summed E-state index contributed by atoms with van der Waals surface area (Å²) in [4.78, 5) is 32.8. The van der Waals surface area contributed by atoms with Gasteiger partial charge in [-0.1, -0.05) is 24.3 Å². The molecular formula is C22H23FN6O2. The Balaban J connectivity index is 1.80. The lowest BCUT2D eigenvalue weighted by atomic mass is 10.0. The molecule has 0 aliphatic heterocycles. The monoisotopic (exact) mass is 422 g/mol. The highest BCUT2D eigenvalue weighted by atomic mass is 19.1. The number of halogens is 1. The molecule has 1 aromatic heterocycles. The van der Waals surface area contributed by atoms with Crippen molar-refractivity contribution in [2.24, 2.45) is 11.5 Å². The van der Waals surface area contributed by atoms with Crippen LogP contribution in [0.4, 0.5) is 21.8 Å². The highest BCUT2D eigenvalue weighted by Gasteiger charge is 2.14. The zero-order valence-electron chi connectivity index (χ0n) is 16.9. The molecule has 1 atom stereocenters. The largest absolute Gasteiger partial charge is 0.365 e. The van der Waals surface area contributed by atoms with Crippen LogP contribution in [0, 0.1) is 5.82 Å². The van der Waals surface area contributed by atoms with Crippen LogP contribution in [-0.4, -0.2) is 34.2 Å². The number of aromatic nitrogens is 2. The lowest BCUT2D eigenvalue weighted by Gasteiger charge is -2.13. The van der Waals surface area contributed by atoms with Crippen molar-refractivity contribution in [2.45, 2.75) is 19.4 Å². The molecule has 1 heterocycles. The van der Waals surface area contributed by atoms with Crippen LogP contribution in [0.2, 0.25) is 0 Å². The van der Waals surface area contributed by atoms with E-state index in [0.717, 1.165) is 0 Å². The molecule has 0 aliphatic rings. The van der Waals surface area contributed by atoms with Crippen molar-refractivity contribution in [2.75, 3.05) is 17.2 Å². The maximum Gasteiger partial charge on any atom is 0.254 e. The Morgan fingerprint density at radius 1 is 1.16 bits per heavy atom. The van der Waals surface area contributed by atoms with Gasteiger partial charge in [0.15, 0.2) is 5.78 Å². The minimum Gasteiger partial charge on any atom is -0.365 e. The Morgan fingerprint density at radius 3 is 2.58 bits per heavy atom. The second-order valence-electron chi connectivity index (χ2n) is 7.11. The van der Waals surface area contributed by atoms with Crippen molar-refractivity contribution in [3.63, 3.8) is 0 Å². The van der Waals surface area contributed by atoms with Crippen LogP contribution in [0.25, 0.3) is 0 Å². The van der Waals surface area contributed by atoms with E-state index < -0.39 is 5.91 Å². The Kier molecular flexibility index (Phi) is 6.88. The number of hydrogen-bond donors (Lipinski definition) is 4. The van der Waals surface area contributed by atoms with Gasteiger partial charge in [0.1, 0.15) is 17.2 Å². The summed E-state index contributed by atoms with van der Waals surface area (Å²) in [6.07, 6.45) is 1.46. The smallest absolute Gasteiger partial charge is 0.254 e. The molecule has 3 rings (SSSR count). The van der Waals surface area contributed by atoms with Crippen LogP contribution in [0.1, 0.15) is 33.2 Å². The van der Waals surface area contributed by atoms with Crippen molar-refractivity contribution in [3.05, 3.63) is 77.2 Å². The fourth-order valence-corrected chi connectivity index (χ4v) is 2.79. The third-order valence-corrected chi connectivity index (χ3v) is 4.36. The van der Waals surface area contributed by atoms with Crippen LogP contribution in [0.3, 0.4) is 0 Å². The molecule has 6 N–H and O–H groups in total. The van der Waals surface area contributed by atoms with Gasteiger partial charge >= 0.3 is 0 Å². The molecule has 160 valence electrons. The van der Waals surface area contributed by atoms with E-state index in [4.69, 9.17) is 11.5 Å². The Bertz CT molecular complexity index is 1090. The molecule has 0 fully saturated rings. The number of carbonyl (C=O) groups excluding carboxylic acids is 2. The molecule has 0 spiro atoms. The van der Waals surface area contributed by atoms with Gasteiger partial charge < -0.3 is 22.1 Å². The fourth-order valence-electron chi connectivity index (χ4n) is 2.79. The molecular weight excluding hydrogens is 399 g/mol. The van der Waals surface area contributed by atoms with Gasteiger partial charge in [-0.05, 0) is 36.8 Å². The molecule has 0 unspecified atom stereocenters. The number of nitrogens with zero attached hydrogens (tertiary/aromatic N) is 2. The Hall–Kier alpha value is -3.85. The van der Waals surface area contributed by atoms with Crippen molar-refractivity contribution in [1.29, 1.82) is 0 Å². The summed E-state index contributed by atoms with van der Waals surface area (Å²) in [6, 6.07) is 12.4. The van der Waals surface area contributed by atoms with Gasteiger partial charge in [0.05, 0.1) is 0 Å². The zero-order chi connectivity index (χ0) is 22.4. The van der Waals surface area contributed by atoms with Gasteiger partial charge in [-0.15, -0.1) is 0 Å². The molecule has 3 aromatic rings. The first-order chi connectivity index (χ1) is 14.8. The van der Waals surface area contributed by atoms with Crippen molar-refractivity contribution in [3.8, 4) is 0 Å². The van der Waals surface area contributed by atoms with Crippen LogP contribution in [-0.2, 0) is 6.42 Å². The number of carbonyl (C=O) groups is 2. The van der Waals surface area contributed by atoms with Gasteiger partial charge in [0, 0.05) is 36.5 Å². The third kappa shape index (κ3) is 6.06.